The lowest BCUT2D eigenvalue weighted by molar-refractivity contribution is 0.572. The van der Waals surface area contributed by atoms with Gasteiger partial charge in [0.05, 0.1) is 5.69 Å². The largest absolute Gasteiger partial charge is 0.444 e. The third-order valence-electron chi connectivity index (χ3n) is 5.19. The van der Waals surface area contributed by atoms with E-state index in [1.54, 1.807) is 6.26 Å². The van der Waals surface area contributed by atoms with Crippen LogP contribution in [-0.4, -0.2) is 35.6 Å². The predicted octanol–water partition coefficient (Wildman–Crippen LogP) is 4.47. The van der Waals surface area contributed by atoms with Gasteiger partial charge in [0.2, 0.25) is 5.89 Å². The Balaban J connectivity index is 1.30. The molecule has 2 heterocycles. The second-order valence-electron chi connectivity index (χ2n) is 7.56. The minimum absolute atomic E-state index is 0.641. The van der Waals surface area contributed by atoms with Gasteiger partial charge in [-0.25, -0.2) is 4.98 Å². The number of nitrogens with one attached hydrogen (secondary N) is 3. The molecule has 3 N–H and O–H groups in total. The quantitative estimate of drug-likeness (QED) is 0.293. The van der Waals surface area contributed by atoms with E-state index >= 15 is 0 Å². The Morgan fingerprint density at radius 1 is 1.06 bits per heavy atom. The molecule has 0 unspecified atom stereocenters. The molecule has 0 aliphatic heterocycles. The van der Waals surface area contributed by atoms with Crippen LogP contribution < -0.4 is 10.6 Å². The smallest absolute Gasteiger partial charge is 0.226 e. The first-order valence-electron chi connectivity index (χ1n) is 10.8. The van der Waals surface area contributed by atoms with E-state index in [0.29, 0.717) is 12.4 Å². The van der Waals surface area contributed by atoms with Crippen LogP contribution in [0.15, 0.2) is 70.4 Å². The van der Waals surface area contributed by atoms with Gasteiger partial charge < -0.3 is 20.0 Å². The molecule has 0 spiro atoms. The van der Waals surface area contributed by atoms with Crippen LogP contribution in [0.5, 0.6) is 0 Å². The Bertz CT molecular complexity index is 1140. The summed E-state index contributed by atoms with van der Waals surface area (Å²) >= 11 is 0. The third kappa shape index (κ3) is 5.34. The van der Waals surface area contributed by atoms with E-state index in [4.69, 9.17) is 4.42 Å². The minimum Gasteiger partial charge on any atom is -0.444 e. The Labute approximate surface area is 182 Å². The minimum atomic E-state index is 0.641. The molecule has 6 heteroatoms. The van der Waals surface area contributed by atoms with Crippen molar-refractivity contribution in [1.82, 2.24) is 20.6 Å². The van der Waals surface area contributed by atoms with Crippen LogP contribution in [0.3, 0.4) is 0 Å². The van der Waals surface area contributed by atoms with Crippen molar-refractivity contribution in [3.63, 3.8) is 0 Å². The van der Waals surface area contributed by atoms with Crippen molar-refractivity contribution in [3.05, 3.63) is 77.8 Å². The van der Waals surface area contributed by atoms with Crippen molar-refractivity contribution >= 4 is 16.9 Å². The molecule has 2 aromatic heterocycles. The number of guanidine groups is 1. The summed E-state index contributed by atoms with van der Waals surface area (Å²) in [6.07, 6.45) is 5.47. The molecule has 6 nitrogen and oxygen atoms in total. The molecule has 2 aromatic carbocycles. The Hall–Kier alpha value is -3.54. The fourth-order valence-electron chi connectivity index (χ4n) is 3.53. The van der Waals surface area contributed by atoms with E-state index in [2.05, 4.69) is 82.0 Å². The Morgan fingerprint density at radius 3 is 2.74 bits per heavy atom. The van der Waals surface area contributed by atoms with Crippen molar-refractivity contribution in [3.8, 4) is 11.5 Å². The van der Waals surface area contributed by atoms with E-state index in [1.165, 1.54) is 22.0 Å². The highest BCUT2D eigenvalue weighted by atomic mass is 16.3. The standard InChI is InChI=1S/C25H29N5O/c1-3-26-25(27-14-12-20-16-29-23-7-5-4-6-22(20)23)28-15-13-21-17-31-24(30-21)19-10-8-18(2)9-11-19/h4-11,16-17,29H,3,12-15H2,1-2H3,(H2,26,27,28). The van der Waals surface area contributed by atoms with E-state index in [-0.39, 0.29) is 0 Å². The molecule has 0 fully saturated rings. The lowest BCUT2D eigenvalue weighted by Crippen LogP contribution is -2.38. The third-order valence-corrected chi connectivity index (χ3v) is 5.19. The van der Waals surface area contributed by atoms with Crippen LogP contribution in [0, 0.1) is 6.92 Å². The molecule has 160 valence electrons. The van der Waals surface area contributed by atoms with Gasteiger partial charge in [0.15, 0.2) is 5.96 Å². The second kappa shape index (κ2) is 9.98. The zero-order valence-electron chi connectivity index (χ0n) is 18.1. The highest BCUT2D eigenvalue weighted by molar-refractivity contribution is 5.83. The van der Waals surface area contributed by atoms with Crippen LogP contribution in [0.2, 0.25) is 0 Å². The SMILES string of the molecule is CCNC(=NCCc1coc(-c2ccc(C)cc2)n1)NCCc1c[nH]c2ccccc12. The van der Waals surface area contributed by atoms with Gasteiger partial charge in [0.25, 0.3) is 0 Å². The molecule has 31 heavy (non-hydrogen) atoms. The number of fused-ring (bicyclic) bond motifs is 1. The van der Waals surface area contributed by atoms with Gasteiger partial charge in [-0.15, -0.1) is 0 Å². The molecular weight excluding hydrogens is 386 g/mol. The zero-order valence-corrected chi connectivity index (χ0v) is 18.1. The van der Waals surface area contributed by atoms with Crippen LogP contribution in [0.1, 0.15) is 23.7 Å². The van der Waals surface area contributed by atoms with Gasteiger partial charge in [-0.05, 0) is 44.0 Å². The number of hydrogen-bond donors (Lipinski definition) is 3. The normalized spacial score (nSPS) is 11.7. The van der Waals surface area contributed by atoms with E-state index in [9.17, 15) is 0 Å². The molecule has 4 rings (SSSR count). The number of benzene rings is 2. The Morgan fingerprint density at radius 2 is 1.90 bits per heavy atom. The number of rotatable bonds is 8. The molecule has 0 saturated carbocycles. The lowest BCUT2D eigenvalue weighted by Gasteiger charge is -2.10. The molecule has 4 aromatic rings. The van der Waals surface area contributed by atoms with Gasteiger partial charge in [0.1, 0.15) is 6.26 Å². The lowest BCUT2D eigenvalue weighted by atomic mass is 10.1. The Kier molecular flexibility index (Phi) is 6.67. The average molecular weight is 416 g/mol. The summed E-state index contributed by atoms with van der Waals surface area (Å²) in [6.45, 7) is 6.42. The molecule has 0 aliphatic carbocycles. The maximum Gasteiger partial charge on any atom is 0.226 e. The van der Waals surface area contributed by atoms with Gasteiger partial charge >= 0.3 is 0 Å². The first-order chi connectivity index (χ1) is 15.2. The molecule has 0 radical (unpaired) electrons. The number of aryl methyl sites for hydroxylation is 1. The van der Waals surface area contributed by atoms with Crippen molar-refractivity contribution < 1.29 is 4.42 Å². The topological polar surface area (TPSA) is 78.2 Å². The summed E-state index contributed by atoms with van der Waals surface area (Å²) in [5.41, 5.74) is 5.61. The van der Waals surface area contributed by atoms with E-state index < -0.39 is 0 Å². The van der Waals surface area contributed by atoms with E-state index in [1.807, 2.05) is 12.1 Å². The van der Waals surface area contributed by atoms with Gasteiger partial charge in [-0.3, -0.25) is 4.99 Å². The first kappa shape index (κ1) is 20.7. The average Bonchev–Trinajstić information content (AvgIpc) is 3.42. The number of H-pyrrole nitrogens is 1. The number of nitrogens with zero attached hydrogens (tertiary/aromatic N) is 2. The second-order valence-corrected chi connectivity index (χ2v) is 7.56. The van der Waals surface area contributed by atoms with Gasteiger partial charge in [-0.2, -0.15) is 0 Å². The van der Waals surface area contributed by atoms with Crippen LogP contribution in [0.4, 0.5) is 0 Å². The number of aromatic amines is 1. The maximum atomic E-state index is 5.64. The predicted molar refractivity (Wildman–Crippen MR) is 126 cm³/mol. The molecule has 0 amide bonds. The fraction of sp³-hybridized carbons (Fsp3) is 0.280. The number of aromatic nitrogens is 2. The first-order valence-corrected chi connectivity index (χ1v) is 10.8. The van der Waals surface area contributed by atoms with Crippen LogP contribution in [0.25, 0.3) is 22.4 Å². The number of aliphatic imine (C=N–C) groups is 1. The van der Waals surface area contributed by atoms with Crippen molar-refractivity contribution in [2.24, 2.45) is 4.99 Å². The summed E-state index contributed by atoms with van der Waals surface area (Å²) in [5, 5.41) is 8.02. The number of oxazole rings is 1. The zero-order chi connectivity index (χ0) is 21.5. The monoisotopic (exact) mass is 415 g/mol. The molecule has 0 atom stereocenters. The molecule has 0 bridgehead atoms. The molecular formula is C25H29N5O. The van der Waals surface area contributed by atoms with Gasteiger partial charge in [0, 0.05) is 48.7 Å². The van der Waals surface area contributed by atoms with Crippen LogP contribution >= 0.6 is 0 Å². The highest BCUT2D eigenvalue weighted by Crippen LogP contribution is 2.19. The van der Waals surface area contributed by atoms with Crippen LogP contribution in [-0.2, 0) is 12.8 Å². The number of hydrogen-bond acceptors (Lipinski definition) is 3. The fourth-order valence-corrected chi connectivity index (χ4v) is 3.53. The highest BCUT2D eigenvalue weighted by Gasteiger charge is 2.07. The summed E-state index contributed by atoms with van der Waals surface area (Å²) in [7, 11) is 0. The summed E-state index contributed by atoms with van der Waals surface area (Å²) in [6, 6.07) is 16.6. The van der Waals surface area contributed by atoms with Crippen molar-refractivity contribution in [2.75, 3.05) is 19.6 Å². The van der Waals surface area contributed by atoms with E-state index in [0.717, 1.165) is 43.1 Å². The van der Waals surface area contributed by atoms with Crippen molar-refractivity contribution in [1.29, 1.82) is 0 Å². The molecule has 0 saturated heterocycles. The summed E-state index contributed by atoms with van der Waals surface area (Å²) in [4.78, 5) is 12.6. The maximum absolute atomic E-state index is 5.64. The molecule has 0 aliphatic rings. The summed E-state index contributed by atoms with van der Waals surface area (Å²) < 4.78 is 5.64. The summed E-state index contributed by atoms with van der Waals surface area (Å²) in [5.74, 6) is 1.48. The van der Waals surface area contributed by atoms with Gasteiger partial charge in [-0.1, -0.05) is 35.9 Å². The van der Waals surface area contributed by atoms with Crippen molar-refractivity contribution in [2.45, 2.75) is 26.7 Å². The number of para-hydroxylation sites is 1.